The van der Waals surface area contributed by atoms with Gasteiger partial charge in [0.1, 0.15) is 10.8 Å². The van der Waals surface area contributed by atoms with Crippen molar-refractivity contribution in [1.29, 1.82) is 0 Å². The van der Waals surface area contributed by atoms with Gasteiger partial charge in [0, 0.05) is 23.1 Å². The second-order valence-corrected chi connectivity index (χ2v) is 6.83. The highest BCUT2D eigenvalue weighted by atomic mass is 32.1. The number of hydrogen-bond donors (Lipinski definition) is 1. The normalized spacial score (nSPS) is 10.5. The van der Waals surface area contributed by atoms with Gasteiger partial charge in [0.25, 0.3) is 0 Å². The van der Waals surface area contributed by atoms with E-state index in [0.29, 0.717) is 34.8 Å². The summed E-state index contributed by atoms with van der Waals surface area (Å²) in [7, 11) is 0. The number of aryl methyl sites for hydroxylation is 1. The van der Waals surface area contributed by atoms with E-state index in [0.717, 1.165) is 5.69 Å². The van der Waals surface area contributed by atoms with Crippen molar-refractivity contribution in [2.45, 2.75) is 19.8 Å². The molecule has 3 rings (SSSR count). The third-order valence-corrected chi connectivity index (χ3v) is 4.87. The number of carbonyl (C=O) groups excluding carboxylic acids is 2. The minimum atomic E-state index is -0.394. The summed E-state index contributed by atoms with van der Waals surface area (Å²) < 4.78 is 18.8. The van der Waals surface area contributed by atoms with E-state index in [1.54, 1.807) is 49.4 Å². The Hall–Kier alpha value is -3.06. The number of amides is 1. The first kappa shape index (κ1) is 19.7. The predicted octanol–water partition coefficient (Wildman–Crippen LogP) is 4.70. The fraction of sp³-hybridized carbons (Fsp3) is 0.190. The number of nitrogens with one attached hydrogen (secondary N) is 1. The summed E-state index contributed by atoms with van der Waals surface area (Å²) in [6.45, 7) is 2.06. The maximum atomic E-state index is 13.8. The van der Waals surface area contributed by atoms with Crippen LogP contribution in [-0.2, 0) is 16.0 Å². The molecule has 0 fully saturated rings. The molecule has 0 bridgehead atoms. The largest absolute Gasteiger partial charge is 0.462 e. The van der Waals surface area contributed by atoms with E-state index in [1.807, 2.05) is 5.38 Å². The molecular formula is C21H19FN2O3S. The van der Waals surface area contributed by atoms with Crippen LogP contribution in [0.2, 0.25) is 0 Å². The quantitative estimate of drug-likeness (QED) is 0.586. The van der Waals surface area contributed by atoms with E-state index in [1.165, 1.54) is 17.4 Å². The van der Waals surface area contributed by atoms with Crippen LogP contribution in [0.25, 0.3) is 10.6 Å². The van der Waals surface area contributed by atoms with Gasteiger partial charge >= 0.3 is 5.97 Å². The van der Waals surface area contributed by atoms with Crippen molar-refractivity contribution in [2.24, 2.45) is 0 Å². The van der Waals surface area contributed by atoms with Gasteiger partial charge in [-0.3, -0.25) is 4.79 Å². The molecule has 0 spiro atoms. The third-order valence-electron chi connectivity index (χ3n) is 3.94. The molecule has 0 aliphatic heterocycles. The van der Waals surface area contributed by atoms with Gasteiger partial charge in [0.2, 0.25) is 5.91 Å². The summed E-state index contributed by atoms with van der Waals surface area (Å²) in [5, 5.41) is 5.22. The summed E-state index contributed by atoms with van der Waals surface area (Å²) in [4.78, 5) is 28.2. The molecule has 0 radical (unpaired) electrons. The molecule has 1 heterocycles. The van der Waals surface area contributed by atoms with Crippen LogP contribution in [0.1, 0.15) is 29.4 Å². The molecule has 0 saturated heterocycles. The molecule has 2 aromatic carbocycles. The van der Waals surface area contributed by atoms with Crippen LogP contribution in [0.3, 0.4) is 0 Å². The van der Waals surface area contributed by atoms with Gasteiger partial charge in [-0.25, -0.2) is 14.2 Å². The molecule has 1 amide bonds. The summed E-state index contributed by atoms with van der Waals surface area (Å²) in [6.07, 6.45) is 0.706. The maximum Gasteiger partial charge on any atom is 0.338 e. The zero-order chi connectivity index (χ0) is 19.9. The number of nitrogens with zero attached hydrogens (tertiary/aromatic N) is 1. The fourth-order valence-electron chi connectivity index (χ4n) is 2.55. The summed E-state index contributed by atoms with van der Waals surface area (Å²) in [6, 6.07) is 13.0. The van der Waals surface area contributed by atoms with E-state index in [4.69, 9.17) is 4.74 Å². The summed E-state index contributed by atoms with van der Waals surface area (Å²) in [5.74, 6) is -0.869. The van der Waals surface area contributed by atoms with Crippen LogP contribution < -0.4 is 5.32 Å². The first-order valence-corrected chi connectivity index (χ1v) is 9.71. The van der Waals surface area contributed by atoms with Gasteiger partial charge in [0.05, 0.1) is 17.9 Å². The average Bonchev–Trinajstić information content (AvgIpc) is 3.16. The molecule has 0 saturated carbocycles. The lowest BCUT2D eigenvalue weighted by Gasteiger charge is -2.06. The zero-order valence-corrected chi connectivity index (χ0v) is 16.1. The second kappa shape index (κ2) is 9.23. The Morgan fingerprint density at radius 3 is 2.61 bits per heavy atom. The number of benzene rings is 2. The number of carbonyl (C=O) groups is 2. The summed E-state index contributed by atoms with van der Waals surface area (Å²) in [5.41, 5.74) is 2.24. The van der Waals surface area contributed by atoms with Crippen LogP contribution in [-0.4, -0.2) is 23.5 Å². The molecule has 1 N–H and O–H groups in total. The van der Waals surface area contributed by atoms with E-state index >= 15 is 0 Å². The highest BCUT2D eigenvalue weighted by molar-refractivity contribution is 7.13. The van der Waals surface area contributed by atoms with Crippen molar-refractivity contribution in [3.05, 3.63) is 71.0 Å². The highest BCUT2D eigenvalue weighted by Crippen LogP contribution is 2.26. The van der Waals surface area contributed by atoms with Gasteiger partial charge in [-0.2, -0.15) is 0 Å². The molecule has 1 aromatic heterocycles. The van der Waals surface area contributed by atoms with Gasteiger partial charge < -0.3 is 10.1 Å². The first-order valence-electron chi connectivity index (χ1n) is 8.83. The molecule has 0 atom stereocenters. The van der Waals surface area contributed by atoms with Crippen LogP contribution in [0.5, 0.6) is 0 Å². The van der Waals surface area contributed by atoms with Gasteiger partial charge in [0.15, 0.2) is 0 Å². The number of ether oxygens (including phenoxy) is 1. The molecule has 0 unspecified atom stereocenters. The monoisotopic (exact) mass is 398 g/mol. The van der Waals surface area contributed by atoms with Gasteiger partial charge in [-0.15, -0.1) is 11.3 Å². The van der Waals surface area contributed by atoms with Crippen LogP contribution in [0.4, 0.5) is 10.1 Å². The van der Waals surface area contributed by atoms with Crippen molar-refractivity contribution in [2.75, 3.05) is 11.9 Å². The molecule has 0 aliphatic rings. The van der Waals surface area contributed by atoms with Crippen molar-refractivity contribution in [3.63, 3.8) is 0 Å². The Bertz CT molecular complexity index is 970. The fourth-order valence-corrected chi connectivity index (χ4v) is 3.43. The van der Waals surface area contributed by atoms with Crippen molar-refractivity contribution < 1.29 is 18.7 Å². The number of hydrogen-bond acceptors (Lipinski definition) is 5. The molecule has 28 heavy (non-hydrogen) atoms. The first-order chi connectivity index (χ1) is 13.6. The van der Waals surface area contributed by atoms with E-state index in [9.17, 15) is 14.0 Å². The van der Waals surface area contributed by atoms with Crippen LogP contribution >= 0.6 is 11.3 Å². The zero-order valence-electron chi connectivity index (χ0n) is 15.3. The Labute approximate surface area is 166 Å². The molecule has 0 aliphatic carbocycles. The van der Waals surface area contributed by atoms with Gasteiger partial charge in [-0.05, 0) is 49.7 Å². The van der Waals surface area contributed by atoms with E-state index in [2.05, 4.69) is 10.3 Å². The Morgan fingerprint density at radius 1 is 1.14 bits per heavy atom. The SMILES string of the molecule is CCOC(=O)c1ccc(NC(=O)CCc2csc(-c3ccccc3F)n2)cc1. The minimum absolute atomic E-state index is 0.163. The summed E-state index contributed by atoms with van der Waals surface area (Å²) >= 11 is 1.35. The van der Waals surface area contributed by atoms with Gasteiger partial charge in [-0.1, -0.05) is 12.1 Å². The lowest BCUT2D eigenvalue weighted by molar-refractivity contribution is -0.116. The number of esters is 1. The second-order valence-electron chi connectivity index (χ2n) is 5.97. The van der Waals surface area contributed by atoms with Crippen LogP contribution in [0, 0.1) is 5.82 Å². The highest BCUT2D eigenvalue weighted by Gasteiger charge is 2.11. The number of aromatic nitrogens is 1. The topological polar surface area (TPSA) is 68.3 Å². The molecule has 144 valence electrons. The molecule has 5 nitrogen and oxygen atoms in total. The van der Waals surface area contributed by atoms with E-state index in [-0.39, 0.29) is 18.1 Å². The molecule has 7 heteroatoms. The lowest BCUT2D eigenvalue weighted by Crippen LogP contribution is -2.12. The smallest absolute Gasteiger partial charge is 0.338 e. The Morgan fingerprint density at radius 2 is 1.89 bits per heavy atom. The number of rotatable bonds is 7. The lowest BCUT2D eigenvalue weighted by atomic mass is 10.2. The van der Waals surface area contributed by atoms with Crippen molar-refractivity contribution in [3.8, 4) is 10.6 Å². The maximum absolute atomic E-state index is 13.8. The Balaban J connectivity index is 1.54. The van der Waals surface area contributed by atoms with Crippen molar-refractivity contribution in [1.82, 2.24) is 4.98 Å². The molecular weight excluding hydrogens is 379 g/mol. The average molecular weight is 398 g/mol. The van der Waals surface area contributed by atoms with Crippen LogP contribution in [0.15, 0.2) is 53.9 Å². The van der Waals surface area contributed by atoms with Crippen molar-refractivity contribution >= 4 is 28.9 Å². The Kier molecular flexibility index (Phi) is 6.49. The van der Waals surface area contributed by atoms with E-state index < -0.39 is 5.97 Å². The standard InChI is InChI=1S/C21H19FN2O3S/c1-2-27-21(26)14-7-9-15(10-8-14)23-19(25)12-11-16-13-28-20(24-16)17-5-3-4-6-18(17)22/h3-10,13H,2,11-12H2,1H3,(H,23,25). The third kappa shape index (κ3) is 5.01. The predicted molar refractivity (Wildman–Crippen MR) is 107 cm³/mol. The minimum Gasteiger partial charge on any atom is -0.462 e. The number of thiazole rings is 1. The molecule has 3 aromatic rings. The number of halogens is 1. The number of anilines is 1.